The summed E-state index contributed by atoms with van der Waals surface area (Å²) in [6, 6.07) is 23.4. The predicted octanol–water partition coefficient (Wildman–Crippen LogP) is 4.33. The van der Waals surface area contributed by atoms with Gasteiger partial charge in [-0.25, -0.2) is 0 Å². The van der Waals surface area contributed by atoms with E-state index in [4.69, 9.17) is 18.9 Å². The highest BCUT2D eigenvalue weighted by atomic mass is 16.5. The number of para-hydroxylation sites is 1. The van der Waals surface area contributed by atoms with Gasteiger partial charge in [0.1, 0.15) is 5.75 Å². The Balaban J connectivity index is 2.31. The summed E-state index contributed by atoms with van der Waals surface area (Å²) in [5, 5.41) is 12.4. The van der Waals surface area contributed by atoms with Crippen LogP contribution in [0.1, 0.15) is 17.0 Å². The smallest absolute Gasteiger partial charge is 0.329 e. The van der Waals surface area contributed by atoms with E-state index >= 15 is 0 Å². The molecule has 0 saturated heterocycles. The average molecular weight is 434 g/mol. The molecule has 3 rings (SSSR count). The summed E-state index contributed by atoms with van der Waals surface area (Å²) in [5.74, 6) is -0.795. The number of nitrogens with zero attached hydrogens (tertiary/aromatic N) is 1. The third-order valence-corrected chi connectivity index (χ3v) is 5.59. The molecule has 32 heavy (non-hydrogen) atoms. The summed E-state index contributed by atoms with van der Waals surface area (Å²) >= 11 is 0. The summed E-state index contributed by atoms with van der Waals surface area (Å²) in [4.78, 5) is 13.3. The summed E-state index contributed by atoms with van der Waals surface area (Å²) < 4.78 is 21.6. The Morgan fingerprint density at radius 1 is 0.938 bits per heavy atom. The third kappa shape index (κ3) is 4.45. The van der Waals surface area contributed by atoms with Crippen LogP contribution >= 0.6 is 0 Å². The van der Waals surface area contributed by atoms with E-state index in [1.165, 1.54) is 7.11 Å². The highest BCUT2D eigenvalue weighted by molar-refractivity contribution is 5.90. The molecule has 6 heteroatoms. The Bertz CT molecular complexity index is 1100. The topological polar surface area (TPSA) is 77.8 Å². The molecule has 0 heterocycles. The van der Waals surface area contributed by atoms with Gasteiger partial charge >= 0.3 is 5.97 Å². The molecule has 0 aliphatic carbocycles. The minimum Gasteiger partial charge on any atom is -0.496 e. The van der Waals surface area contributed by atoms with E-state index in [-0.39, 0.29) is 13.2 Å². The number of hydrogen-bond donors (Lipinski definition) is 0. The highest BCUT2D eigenvalue weighted by Gasteiger charge is 2.51. The average Bonchev–Trinajstić information content (AvgIpc) is 2.85. The van der Waals surface area contributed by atoms with E-state index in [1.54, 1.807) is 14.2 Å². The number of carbonyl (C=O) groups excluding carboxylic acids is 1. The highest BCUT2D eigenvalue weighted by Crippen LogP contribution is 2.47. The molecule has 0 spiro atoms. The van der Waals surface area contributed by atoms with Crippen molar-refractivity contribution in [1.29, 1.82) is 5.26 Å². The first-order chi connectivity index (χ1) is 15.6. The largest absolute Gasteiger partial charge is 0.496 e. The summed E-state index contributed by atoms with van der Waals surface area (Å²) in [7, 11) is 4.42. The zero-order valence-electron chi connectivity index (χ0n) is 18.5. The van der Waals surface area contributed by atoms with Crippen molar-refractivity contribution in [2.45, 2.75) is 5.92 Å². The molecule has 0 amide bonds. The molecule has 0 N–H and O–H groups in total. The van der Waals surface area contributed by atoms with Crippen molar-refractivity contribution in [1.82, 2.24) is 0 Å². The SMILES string of the molecule is COCCOC[C@](C#N)(C(=O)OC)[C@@H](c1ccccc1OC)c1cccc2ccccc12. The van der Waals surface area contributed by atoms with Crippen LogP contribution in [-0.4, -0.2) is 47.1 Å². The normalized spacial score (nSPS) is 13.7. The van der Waals surface area contributed by atoms with E-state index in [1.807, 2.05) is 66.7 Å². The first-order valence-corrected chi connectivity index (χ1v) is 10.3. The van der Waals surface area contributed by atoms with Crippen LogP contribution in [0.25, 0.3) is 10.8 Å². The fourth-order valence-electron chi connectivity index (χ4n) is 4.07. The second-order valence-electron chi connectivity index (χ2n) is 7.36. The molecular weight excluding hydrogens is 406 g/mol. The first kappa shape index (κ1) is 23.3. The summed E-state index contributed by atoms with van der Waals surface area (Å²) in [6.07, 6.45) is 0. The fraction of sp³-hybridized carbons (Fsp3) is 0.308. The number of methoxy groups -OCH3 is 3. The summed E-state index contributed by atoms with van der Waals surface area (Å²) in [6.45, 7) is 0.423. The van der Waals surface area contributed by atoms with E-state index in [0.29, 0.717) is 17.9 Å². The lowest BCUT2D eigenvalue weighted by molar-refractivity contribution is -0.153. The van der Waals surface area contributed by atoms with Gasteiger partial charge < -0.3 is 18.9 Å². The number of fused-ring (bicyclic) bond motifs is 1. The van der Waals surface area contributed by atoms with Crippen molar-refractivity contribution in [2.24, 2.45) is 5.41 Å². The molecule has 3 aromatic rings. The third-order valence-electron chi connectivity index (χ3n) is 5.59. The Kier molecular flexibility index (Phi) is 7.82. The van der Waals surface area contributed by atoms with Gasteiger partial charge in [0.25, 0.3) is 0 Å². The lowest BCUT2D eigenvalue weighted by atomic mass is 9.68. The molecule has 0 unspecified atom stereocenters. The Labute approximate surface area is 188 Å². The minimum atomic E-state index is -1.65. The van der Waals surface area contributed by atoms with E-state index in [2.05, 4.69) is 6.07 Å². The van der Waals surface area contributed by atoms with Crippen LogP contribution in [0.3, 0.4) is 0 Å². The zero-order chi connectivity index (χ0) is 23.0. The molecular formula is C26H27NO5. The van der Waals surface area contributed by atoms with Crippen LogP contribution in [0.2, 0.25) is 0 Å². The van der Waals surface area contributed by atoms with Crippen LogP contribution in [0.4, 0.5) is 0 Å². The van der Waals surface area contributed by atoms with Crippen molar-refractivity contribution in [2.75, 3.05) is 41.2 Å². The maximum atomic E-state index is 13.3. The predicted molar refractivity (Wildman–Crippen MR) is 122 cm³/mol. The van der Waals surface area contributed by atoms with Crippen LogP contribution < -0.4 is 4.74 Å². The molecule has 166 valence electrons. The molecule has 2 atom stereocenters. The number of ether oxygens (including phenoxy) is 4. The van der Waals surface area contributed by atoms with Gasteiger partial charge in [-0.1, -0.05) is 60.7 Å². The second kappa shape index (κ2) is 10.8. The van der Waals surface area contributed by atoms with Gasteiger partial charge in [0.05, 0.1) is 40.1 Å². The van der Waals surface area contributed by atoms with Gasteiger partial charge in [-0.3, -0.25) is 4.79 Å². The van der Waals surface area contributed by atoms with Gasteiger partial charge in [0, 0.05) is 18.6 Å². The van der Waals surface area contributed by atoms with Crippen molar-refractivity contribution in [3.8, 4) is 11.8 Å². The number of hydrogen-bond acceptors (Lipinski definition) is 6. The number of nitriles is 1. The lowest BCUT2D eigenvalue weighted by Gasteiger charge is -2.34. The second-order valence-corrected chi connectivity index (χ2v) is 7.36. The van der Waals surface area contributed by atoms with E-state index < -0.39 is 17.3 Å². The van der Waals surface area contributed by atoms with Gasteiger partial charge in [0.15, 0.2) is 5.41 Å². The monoisotopic (exact) mass is 433 g/mol. The molecule has 0 radical (unpaired) electrons. The fourth-order valence-corrected chi connectivity index (χ4v) is 4.07. The number of rotatable bonds is 10. The summed E-state index contributed by atoms with van der Waals surface area (Å²) in [5.41, 5.74) is -0.134. The van der Waals surface area contributed by atoms with Crippen molar-refractivity contribution in [3.63, 3.8) is 0 Å². The van der Waals surface area contributed by atoms with Crippen molar-refractivity contribution in [3.05, 3.63) is 77.9 Å². The van der Waals surface area contributed by atoms with Crippen LogP contribution in [-0.2, 0) is 19.0 Å². The number of carbonyl (C=O) groups is 1. The van der Waals surface area contributed by atoms with Gasteiger partial charge in [-0.2, -0.15) is 5.26 Å². The first-order valence-electron chi connectivity index (χ1n) is 10.3. The Morgan fingerprint density at radius 3 is 2.34 bits per heavy atom. The molecule has 0 aromatic heterocycles. The molecule has 3 aromatic carbocycles. The molecule has 6 nitrogen and oxygen atoms in total. The molecule has 0 fully saturated rings. The van der Waals surface area contributed by atoms with Gasteiger partial charge in [-0.05, 0) is 22.4 Å². The number of esters is 1. The van der Waals surface area contributed by atoms with Crippen LogP contribution in [0.15, 0.2) is 66.7 Å². The van der Waals surface area contributed by atoms with Crippen LogP contribution in [0, 0.1) is 16.7 Å². The van der Waals surface area contributed by atoms with E-state index in [9.17, 15) is 10.1 Å². The Morgan fingerprint density at radius 2 is 1.62 bits per heavy atom. The maximum Gasteiger partial charge on any atom is 0.329 e. The van der Waals surface area contributed by atoms with Gasteiger partial charge in [0.2, 0.25) is 0 Å². The molecule has 0 saturated carbocycles. The molecule has 0 bridgehead atoms. The lowest BCUT2D eigenvalue weighted by Crippen LogP contribution is -2.42. The Hall–Kier alpha value is -3.40. The minimum absolute atomic E-state index is 0.161. The molecule has 0 aliphatic heterocycles. The van der Waals surface area contributed by atoms with Crippen LogP contribution in [0.5, 0.6) is 5.75 Å². The zero-order valence-corrected chi connectivity index (χ0v) is 18.5. The van der Waals surface area contributed by atoms with E-state index in [0.717, 1.165) is 16.3 Å². The van der Waals surface area contributed by atoms with Crippen molar-refractivity contribution >= 4 is 16.7 Å². The maximum absolute atomic E-state index is 13.3. The van der Waals surface area contributed by atoms with Crippen molar-refractivity contribution < 1.29 is 23.7 Å². The number of benzene rings is 3. The quantitative estimate of drug-likeness (QED) is 0.350. The standard InChI is InChI=1S/C26H27NO5/c1-29-15-16-32-18-26(17-27,25(28)31-3)24(22-12-6-7-14-23(22)30-2)21-13-8-10-19-9-4-5-11-20(19)21/h4-14,24H,15-16,18H2,1-3H3/t24-,26+/m1/s1. The molecule has 0 aliphatic rings. The van der Waals surface area contributed by atoms with Gasteiger partial charge in [-0.15, -0.1) is 0 Å².